The lowest BCUT2D eigenvalue weighted by atomic mass is 10.1. The van der Waals surface area contributed by atoms with E-state index in [9.17, 15) is 4.79 Å². The Labute approximate surface area is 86.2 Å². The standard InChI is InChI=1S/C10H21N3O/c1-7-6-12(4)9(10(14)11-3)8(2)13(7)5/h7-9H,6H2,1-5H3,(H,11,14)/i3+1,4+1,11+1,12+1,13+1. The van der Waals surface area contributed by atoms with Gasteiger partial charge in [0.05, 0.1) is 0 Å². The van der Waals surface area contributed by atoms with Gasteiger partial charge in [0.2, 0.25) is 5.91 Å². The van der Waals surface area contributed by atoms with Crippen LogP contribution < -0.4 is 5.32 Å². The fourth-order valence-corrected chi connectivity index (χ4v) is 2.22. The lowest BCUT2D eigenvalue weighted by Gasteiger charge is -2.46. The molecule has 0 spiro atoms. The SMILES string of the molecule is CC1C[15N]([13CH3])C(C(=O)[15NH][13CH3])C(C)[15N]1C. The number of nitrogens with one attached hydrogen (secondary N) is 1. The fourth-order valence-electron chi connectivity index (χ4n) is 2.22. The molecule has 1 aliphatic rings. The highest BCUT2D eigenvalue weighted by Crippen LogP contribution is 2.18. The van der Waals surface area contributed by atoms with Crippen LogP contribution in [-0.4, -0.2) is 61.5 Å². The van der Waals surface area contributed by atoms with E-state index in [0.717, 1.165) is 6.54 Å². The maximum absolute atomic E-state index is 11.7. The van der Waals surface area contributed by atoms with Gasteiger partial charge >= 0.3 is 0 Å². The van der Waals surface area contributed by atoms with Gasteiger partial charge in [-0.15, -0.1) is 0 Å². The summed E-state index contributed by atoms with van der Waals surface area (Å²) >= 11 is 0. The zero-order chi connectivity index (χ0) is 10.9. The van der Waals surface area contributed by atoms with Gasteiger partial charge in [0, 0.05) is 25.7 Å². The molecule has 1 saturated heterocycles. The van der Waals surface area contributed by atoms with Crippen LogP contribution in [0.25, 0.3) is 0 Å². The van der Waals surface area contributed by atoms with Gasteiger partial charge in [-0.2, -0.15) is 0 Å². The van der Waals surface area contributed by atoms with Crippen molar-refractivity contribution in [3.8, 4) is 0 Å². The Bertz CT molecular complexity index is 219. The Balaban J connectivity index is 2.78. The number of rotatable bonds is 1. The molecule has 4 heteroatoms. The molecule has 1 amide bonds. The zero-order valence-corrected chi connectivity index (χ0v) is 9.74. The topological polar surface area (TPSA) is 35.6 Å². The van der Waals surface area contributed by atoms with E-state index in [0.29, 0.717) is 6.04 Å². The Morgan fingerprint density at radius 1 is 1.36 bits per heavy atom. The molecule has 3 unspecified atom stereocenters. The van der Waals surface area contributed by atoms with Crippen molar-refractivity contribution in [2.24, 2.45) is 0 Å². The van der Waals surface area contributed by atoms with Crippen LogP contribution in [0.15, 0.2) is 0 Å². The van der Waals surface area contributed by atoms with Gasteiger partial charge in [-0.3, -0.25) is 14.6 Å². The maximum atomic E-state index is 11.7. The first kappa shape index (κ1) is 11.5. The minimum Gasteiger partial charge on any atom is -0.358 e. The first-order valence-corrected chi connectivity index (χ1v) is 5.12. The summed E-state index contributed by atoms with van der Waals surface area (Å²) < 4.78 is 0. The number of nitrogens with zero attached hydrogens (tertiary/aromatic N) is 2. The molecule has 0 aromatic heterocycles. The van der Waals surface area contributed by atoms with Crippen molar-refractivity contribution in [1.29, 1.82) is 0 Å². The summed E-state index contributed by atoms with van der Waals surface area (Å²) in [5.74, 6) is 0.110. The highest BCUT2D eigenvalue weighted by molar-refractivity contribution is 5.82. The highest BCUT2D eigenvalue weighted by atomic mass is 16.2. The quantitative estimate of drug-likeness (QED) is 0.473. The number of piperazine rings is 1. The number of carbonyl (C=O) groups excluding carboxylic acids is 1. The second-order valence-corrected chi connectivity index (χ2v) is 4.25. The summed E-state index contributed by atoms with van der Waals surface area (Å²) in [5, 5.41) is 2.72. The molecule has 14 heavy (non-hydrogen) atoms. The second-order valence-electron chi connectivity index (χ2n) is 4.25. The minimum absolute atomic E-state index is 0.0267. The third kappa shape index (κ3) is 1.91. The van der Waals surface area contributed by atoms with Gasteiger partial charge in [-0.25, -0.2) is 0 Å². The molecule has 0 bridgehead atoms. The molecule has 1 rings (SSSR count). The van der Waals surface area contributed by atoms with Crippen LogP contribution in [-0.2, 0) is 4.79 Å². The summed E-state index contributed by atoms with van der Waals surface area (Å²) in [6.07, 6.45) is 0. The predicted molar refractivity (Wildman–Crippen MR) is 57.2 cm³/mol. The first-order chi connectivity index (χ1) is 6.49. The molecule has 0 aromatic rings. The second kappa shape index (κ2) is 4.28. The Hall–Kier alpha value is -0.610. The van der Waals surface area contributed by atoms with E-state index in [-0.39, 0.29) is 18.0 Å². The first-order valence-electron chi connectivity index (χ1n) is 5.12. The molecule has 3 atom stereocenters. The van der Waals surface area contributed by atoms with Crippen molar-refractivity contribution in [2.45, 2.75) is 32.0 Å². The third-order valence-electron chi connectivity index (χ3n) is 3.34. The number of hydrogen-bond donors (Lipinski definition) is 1. The van der Waals surface area contributed by atoms with Gasteiger partial charge in [-0.05, 0) is 27.9 Å². The van der Waals surface area contributed by atoms with Gasteiger partial charge in [-0.1, -0.05) is 0 Å². The average molecular weight is 204 g/mol. The molecule has 0 aromatic carbocycles. The van der Waals surface area contributed by atoms with E-state index in [1.165, 1.54) is 0 Å². The largest absolute Gasteiger partial charge is 0.358 e. The summed E-state index contributed by atoms with van der Waals surface area (Å²) in [4.78, 5) is 16.1. The highest BCUT2D eigenvalue weighted by Gasteiger charge is 2.37. The lowest BCUT2D eigenvalue weighted by molar-refractivity contribution is -0.130. The lowest BCUT2D eigenvalue weighted by Crippen LogP contribution is -2.63. The van der Waals surface area contributed by atoms with E-state index in [1.54, 1.807) is 7.05 Å². The normalized spacial score (nSPS) is 35.6. The van der Waals surface area contributed by atoms with Gasteiger partial charge in [0.25, 0.3) is 0 Å². The number of hydrogen-bond acceptors (Lipinski definition) is 3. The summed E-state index contributed by atoms with van der Waals surface area (Å²) in [5.41, 5.74) is 0. The van der Waals surface area contributed by atoms with E-state index in [4.69, 9.17) is 0 Å². The summed E-state index contributed by atoms with van der Waals surface area (Å²) in [6.45, 7) is 5.23. The Morgan fingerprint density at radius 2 is 1.93 bits per heavy atom. The van der Waals surface area contributed by atoms with Crippen molar-refractivity contribution < 1.29 is 4.79 Å². The molecule has 1 heterocycles. The maximum Gasteiger partial charge on any atom is 0.238 e. The monoisotopic (exact) mass is 204 g/mol. The predicted octanol–water partition coefficient (Wildman–Crippen LogP) is -0.245. The summed E-state index contributed by atoms with van der Waals surface area (Å²) in [6, 6.07) is 0.751. The molecule has 0 saturated carbocycles. The van der Waals surface area contributed by atoms with E-state index in [2.05, 4.69) is 36.0 Å². The fraction of sp³-hybridized carbons (Fsp3) is 0.900. The summed E-state index contributed by atoms with van der Waals surface area (Å²) in [7, 11) is 5.79. The molecule has 0 aliphatic carbocycles. The van der Waals surface area contributed by atoms with Gasteiger partial charge < -0.3 is 5.32 Å². The van der Waals surface area contributed by atoms with Gasteiger partial charge in [0.1, 0.15) is 6.04 Å². The smallest absolute Gasteiger partial charge is 0.238 e. The van der Waals surface area contributed by atoms with Crippen LogP contribution in [0.2, 0.25) is 0 Å². The number of carbonyl (C=O) groups is 1. The molecule has 0 radical (unpaired) electrons. The Kier molecular flexibility index (Phi) is 3.50. The van der Waals surface area contributed by atoms with Crippen LogP contribution in [0, 0.1) is 0 Å². The Morgan fingerprint density at radius 3 is 2.43 bits per heavy atom. The van der Waals surface area contributed by atoms with Crippen LogP contribution in [0.4, 0.5) is 0 Å². The minimum atomic E-state index is -0.0267. The van der Waals surface area contributed by atoms with Crippen LogP contribution in [0.3, 0.4) is 0 Å². The molecular weight excluding hydrogens is 183 g/mol. The molecule has 1 N–H and O–H groups in total. The van der Waals surface area contributed by atoms with E-state index in [1.807, 2.05) is 7.05 Å². The van der Waals surface area contributed by atoms with Gasteiger partial charge in [0.15, 0.2) is 0 Å². The zero-order valence-electron chi connectivity index (χ0n) is 9.74. The van der Waals surface area contributed by atoms with Crippen LogP contribution in [0.1, 0.15) is 13.8 Å². The van der Waals surface area contributed by atoms with Crippen molar-refractivity contribution in [3.05, 3.63) is 0 Å². The number of amides is 1. The van der Waals surface area contributed by atoms with Crippen molar-refractivity contribution >= 4 is 5.91 Å². The molecule has 1 aliphatic heterocycles. The molecular formula is C10H21N3O. The number of likely N-dealkylation sites (N-methyl/N-ethyl adjacent to an activating group) is 3. The average Bonchev–Trinajstić information content (AvgIpc) is 2.14. The van der Waals surface area contributed by atoms with Crippen LogP contribution >= 0.6 is 0 Å². The molecule has 1 fully saturated rings. The molecule has 82 valence electrons. The van der Waals surface area contributed by atoms with Crippen molar-refractivity contribution in [1.82, 2.24) is 15.1 Å². The molecule has 4 nitrogen and oxygen atoms in total. The van der Waals surface area contributed by atoms with E-state index >= 15 is 0 Å². The van der Waals surface area contributed by atoms with Crippen LogP contribution in [0.5, 0.6) is 0 Å². The van der Waals surface area contributed by atoms with E-state index < -0.39 is 0 Å². The van der Waals surface area contributed by atoms with Crippen molar-refractivity contribution in [3.63, 3.8) is 0 Å². The third-order valence-corrected chi connectivity index (χ3v) is 3.34. The van der Waals surface area contributed by atoms with Crippen molar-refractivity contribution in [2.75, 3.05) is 27.7 Å².